The van der Waals surface area contributed by atoms with Crippen LogP contribution in [0, 0.1) is 54.9 Å². The van der Waals surface area contributed by atoms with Gasteiger partial charge in [0.2, 0.25) is 0 Å². The first kappa shape index (κ1) is 16.3. The summed E-state index contributed by atoms with van der Waals surface area (Å²) in [4.78, 5) is 11.4. The van der Waals surface area contributed by atoms with Gasteiger partial charge in [-0.1, -0.05) is 23.1 Å². The summed E-state index contributed by atoms with van der Waals surface area (Å²) in [6.07, 6.45) is -4.43. The van der Waals surface area contributed by atoms with Crippen molar-refractivity contribution in [2.45, 2.75) is 24.6 Å². The van der Waals surface area contributed by atoms with E-state index in [1.807, 2.05) is 0 Å². The Balaban J connectivity index is 0.00000161. The number of fused-ring (bicyclic) bond motifs is 1. The monoisotopic (exact) mass is 518 g/mol. The summed E-state index contributed by atoms with van der Waals surface area (Å²) in [5, 5.41) is 2.24. The van der Waals surface area contributed by atoms with Crippen molar-refractivity contribution < 1.29 is 53.8 Å². The molecule has 0 spiro atoms. The molecule has 21 heavy (non-hydrogen) atoms. The van der Waals surface area contributed by atoms with Crippen LogP contribution in [0.4, 0.5) is 23.7 Å². The number of amides is 1. The second-order valence-corrected chi connectivity index (χ2v) is 4.71. The largest absolute Gasteiger partial charge is 0.433 e. The van der Waals surface area contributed by atoms with Crippen molar-refractivity contribution in [2.75, 3.05) is 5.32 Å². The number of nitrogens with one attached hydrogen (secondary N) is 1. The molecule has 1 atom stereocenters. The van der Waals surface area contributed by atoms with Crippen LogP contribution in [0.5, 0.6) is 0 Å². The summed E-state index contributed by atoms with van der Waals surface area (Å²) in [6, 6.07) is 6.47. The third-order valence-corrected chi connectivity index (χ3v) is 3.15. The van der Waals surface area contributed by atoms with Crippen LogP contribution in [0.3, 0.4) is 0 Å². The van der Waals surface area contributed by atoms with E-state index in [1.54, 1.807) is 0 Å². The number of carbonyl (C=O) groups excluding carboxylic acids is 1. The van der Waals surface area contributed by atoms with E-state index >= 15 is 0 Å². The van der Waals surface area contributed by atoms with Crippen LogP contribution >= 0.6 is 0 Å². The second kappa shape index (κ2) is 5.59. The number of ether oxygens (including phenoxy) is 1. The standard InChI is InChI=1S/C14H9F3NO2.U/c15-14(16,17)13(8-7-9-5-6-9)10-3-1-2-4-11(10)18-12(19)20-13;/h2-4,9H,5-6H2,(H,18,19);/q-1;/t13-;/m0./s1. The first-order chi connectivity index (χ1) is 9.42. The summed E-state index contributed by atoms with van der Waals surface area (Å²) in [7, 11) is 0. The van der Waals surface area contributed by atoms with Crippen LogP contribution in [-0.4, -0.2) is 12.3 Å². The smallest absolute Gasteiger partial charge is 0.428 e. The Morgan fingerprint density at radius 1 is 1.43 bits per heavy atom. The average Bonchev–Trinajstić information content (AvgIpc) is 3.18. The van der Waals surface area contributed by atoms with Crippen LogP contribution < -0.4 is 5.32 Å². The molecule has 108 valence electrons. The van der Waals surface area contributed by atoms with Gasteiger partial charge in [-0.2, -0.15) is 31.4 Å². The third-order valence-electron chi connectivity index (χ3n) is 3.15. The molecule has 7 heteroatoms. The molecule has 0 bridgehead atoms. The maximum atomic E-state index is 13.5. The van der Waals surface area contributed by atoms with Gasteiger partial charge in [0.05, 0.1) is 0 Å². The van der Waals surface area contributed by atoms with Gasteiger partial charge in [-0.15, -0.1) is 6.07 Å². The van der Waals surface area contributed by atoms with Crippen molar-refractivity contribution in [3.8, 4) is 11.8 Å². The Labute approximate surface area is 143 Å². The molecule has 1 amide bonds. The van der Waals surface area contributed by atoms with Gasteiger partial charge in [0.15, 0.2) is 0 Å². The number of hydrogen-bond donors (Lipinski definition) is 1. The van der Waals surface area contributed by atoms with E-state index < -0.39 is 17.9 Å². The van der Waals surface area contributed by atoms with Crippen LogP contribution in [0.1, 0.15) is 18.4 Å². The van der Waals surface area contributed by atoms with E-state index in [0.717, 1.165) is 18.9 Å². The summed E-state index contributed by atoms with van der Waals surface area (Å²) in [5.74, 6) is 4.65. The van der Waals surface area contributed by atoms with Crippen molar-refractivity contribution >= 4 is 11.8 Å². The van der Waals surface area contributed by atoms with E-state index in [4.69, 9.17) is 0 Å². The number of carbonyl (C=O) groups is 1. The first-order valence-corrected chi connectivity index (χ1v) is 6.02. The second-order valence-electron chi connectivity index (χ2n) is 4.71. The van der Waals surface area contributed by atoms with Crippen molar-refractivity contribution in [3.63, 3.8) is 0 Å². The van der Waals surface area contributed by atoms with Crippen LogP contribution in [-0.2, 0) is 10.3 Å². The van der Waals surface area contributed by atoms with Crippen molar-refractivity contribution in [1.29, 1.82) is 0 Å². The van der Waals surface area contributed by atoms with Gasteiger partial charge in [-0.05, 0) is 12.8 Å². The van der Waals surface area contributed by atoms with Gasteiger partial charge in [0.1, 0.15) is 0 Å². The number of cyclic esters (lactones) is 1. The molecular weight excluding hydrogens is 509 g/mol. The van der Waals surface area contributed by atoms with Crippen LogP contribution in [0.25, 0.3) is 0 Å². The predicted molar refractivity (Wildman–Crippen MR) is 63.6 cm³/mol. The van der Waals surface area contributed by atoms with Gasteiger partial charge < -0.3 is 10.1 Å². The third kappa shape index (κ3) is 2.93. The number of anilines is 1. The summed E-state index contributed by atoms with van der Waals surface area (Å²) in [6.45, 7) is 0. The number of hydrogen-bond acceptors (Lipinski definition) is 2. The Kier molecular flexibility index (Phi) is 4.33. The molecule has 1 aliphatic carbocycles. The number of rotatable bonds is 0. The van der Waals surface area contributed by atoms with Gasteiger partial charge in [0.25, 0.3) is 5.60 Å². The molecule has 2 aliphatic rings. The normalized spacial score (nSPS) is 23.7. The van der Waals surface area contributed by atoms with Crippen LogP contribution in [0.15, 0.2) is 18.2 Å². The van der Waals surface area contributed by atoms with Crippen molar-refractivity contribution in [3.05, 3.63) is 29.8 Å². The van der Waals surface area contributed by atoms with Crippen molar-refractivity contribution in [1.82, 2.24) is 0 Å². The van der Waals surface area contributed by atoms with Gasteiger partial charge >= 0.3 is 12.3 Å². The van der Waals surface area contributed by atoms with E-state index in [2.05, 4.69) is 28.0 Å². The fourth-order valence-corrected chi connectivity index (χ4v) is 1.97. The number of halogens is 3. The summed E-state index contributed by atoms with van der Waals surface area (Å²) >= 11 is 0. The molecule has 0 unspecified atom stereocenters. The molecule has 1 saturated carbocycles. The molecule has 3 nitrogen and oxygen atoms in total. The molecule has 0 saturated heterocycles. The van der Waals surface area contributed by atoms with E-state index in [1.165, 1.54) is 12.1 Å². The van der Waals surface area contributed by atoms with Gasteiger partial charge in [-0.25, -0.2) is 4.79 Å². The van der Waals surface area contributed by atoms with E-state index in [9.17, 15) is 18.0 Å². The number of alkyl halides is 3. The zero-order valence-electron chi connectivity index (χ0n) is 10.7. The molecule has 0 radical (unpaired) electrons. The molecule has 3 rings (SSSR count). The zero-order valence-corrected chi connectivity index (χ0v) is 14.8. The Bertz CT molecular complexity index is 631. The number of benzene rings is 1. The van der Waals surface area contributed by atoms with Crippen LogP contribution in [0.2, 0.25) is 0 Å². The quantitative estimate of drug-likeness (QED) is 0.424. The molecule has 1 aromatic carbocycles. The topological polar surface area (TPSA) is 38.3 Å². The molecule has 1 N–H and O–H groups in total. The molecule has 1 aliphatic heterocycles. The summed E-state index contributed by atoms with van der Waals surface area (Å²) in [5.41, 5.74) is -3.10. The van der Waals surface area contributed by atoms with Crippen molar-refractivity contribution in [2.24, 2.45) is 5.92 Å². The molecule has 1 heterocycles. The predicted octanol–water partition coefficient (Wildman–Crippen LogP) is 3.22. The Morgan fingerprint density at radius 3 is 2.76 bits per heavy atom. The SMILES string of the molecule is O=C1Nc2cc[c-]cc2[C@@](C#CC2CC2)(C(F)(F)F)O1.[U]. The van der Waals surface area contributed by atoms with Gasteiger partial charge in [-0.3, -0.25) is 0 Å². The Hall–Kier alpha value is -1.11. The fraction of sp³-hybridized carbons (Fsp3) is 0.357. The average molecular weight is 518 g/mol. The summed E-state index contributed by atoms with van der Waals surface area (Å²) < 4.78 is 45.1. The molecule has 1 fully saturated rings. The van der Waals surface area contributed by atoms with E-state index in [-0.39, 0.29) is 48.3 Å². The minimum Gasteiger partial charge on any atom is -0.428 e. The maximum Gasteiger partial charge on any atom is 0.433 e. The maximum absolute atomic E-state index is 13.5. The van der Waals surface area contributed by atoms with E-state index in [0.29, 0.717) is 0 Å². The minimum atomic E-state index is -4.82. The van der Waals surface area contributed by atoms with Gasteiger partial charge in [0, 0.05) is 37.0 Å². The fourth-order valence-electron chi connectivity index (χ4n) is 1.97. The zero-order chi connectivity index (χ0) is 14.4. The minimum absolute atomic E-state index is 0. The Morgan fingerprint density at radius 2 is 2.14 bits per heavy atom. The molecule has 1 aromatic rings. The molecular formula is C14H9F3NO2U-. The first-order valence-electron chi connectivity index (χ1n) is 6.02. The molecule has 0 aromatic heterocycles.